The Balaban J connectivity index is 0.000000755. The molecular weight excluding hydrogens is 539 g/mol. The van der Waals surface area contributed by atoms with Gasteiger partial charge in [0.05, 0.1) is 11.4 Å². The second-order valence-electron chi connectivity index (χ2n) is 6.10. The van der Waals surface area contributed by atoms with Crippen molar-refractivity contribution in [3.05, 3.63) is 120 Å². The molecule has 0 aliphatic heterocycles. The molecule has 0 saturated carbocycles. The van der Waals surface area contributed by atoms with Crippen molar-refractivity contribution in [3.8, 4) is 11.1 Å². The van der Waals surface area contributed by atoms with E-state index >= 15 is 0 Å². The molecule has 0 amide bonds. The van der Waals surface area contributed by atoms with Crippen LogP contribution >= 0.6 is 28.5 Å². The monoisotopic (exact) mass is 554 g/mol. The van der Waals surface area contributed by atoms with Crippen molar-refractivity contribution in [2.24, 2.45) is 0 Å². The number of nitrogens with zero attached hydrogens (tertiary/aromatic N) is 2. The summed E-state index contributed by atoms with van der Waals surface area (Å²) in [6.45, 7) is 0. The number of hydrogen-bond donors (Lipinski definition) is 1. The van der Waals surface area contributed by atoms with Crippen molar-refractivity contribution < 1.29 is 16.0 Å². The molecule has 3 nitrogen and oxygen atoms in total. The van der Waals surface area contributed by atoms with E-state index in [1.807, 2.05) is 91.0 Å². The second kappa shape index (κ2) is 10.8. The van der Waals surface area contributed by atoms with Gasteiger partial charge in [-0.25, -0.2) is 0 Å². The van der Waals surface area contributed by atoms with Gasteiger partial charge in [-0.05, 0) is 35.4 Å². The van der Waals surface area contributed by atoms with Crippen molar-refractivity contribution in [3.63, 3.8) is 0 Å². The summed E-state index contributed by atoms with van der Waals surface area (Å²) >= 11 is 6.00. The first-order valence-electron chi connectivity index (χ1n) is 8.74. The van der Waals surface area contributed by atoms with Crippen molar-refractivity contribution in [2.75, 3.05) is 0 Å². The van der Waals surface area contributed by atoms with E-state index in [9.17, 15) is 5.11 Å². The first-order chi connectivity index (χ1) is 14.2. The Hall–Kier alpha value is -1.85. The molecule has 2 heterocycles. The quantitative estimate of drug-likeness (QED) is 0.308. The normalized spacial score (nSPS) is 10.9. The fraction of sp³-hybridized carbons (Fsp3) is 0.0435. The van der Waals surface area contributed by atoms with Gasteiger partial charge < -0.3 is 5.11 Å². The number of aromatic nitrogens is 2. The van der Waals surface area contributed by atoms with Gasteiger partial charge in [0.25, 0.3) is 0 Å². The molecule has 0 aliphatic rings. The van der Waals surface area contributed by atoms with Crippen LogP contribution in [0.2, 0.25) is 0 Å². The van der Waals surface area contributed by atoms with Crippen molar-refractivity contribution in [1.29, 1.82) is 0 Å². The minimum atomic E-state index is -1.45. The van der Waals surface area contributed by atoms with Crippen LogP contribution in [-0.2, 0) is 16.5 Å². The Morgan fingerprint density at radius 1 is 0.655 bits per heavy atom. The fourth-order valence-corrected chi connectivity index (χ4v) is 3.23. The summed E-state index contributed by atoms with van der Waals surface area (Å²) < 4.78 is 0. The van der Waals surface area contributed by atoms with Gasteiger partial charge in [0.1, 0.15) is 0 Å². The predicted molar refractivity (Wildman–Crippen MR) is 120 cm³/mol. The summed E-state index contributed by atoms with van der Waals surface area (Å²) in [6.07, 6.45) is 3.38. The Morgan fingerprint density at radius 2 is 1.14 bits per heavy atom. The molecule has 4 aromatic rings. The molecule has 4 rings (SSSR count). The zero-order valence-corrected chi connectivity index (χ0v) is 19.4. The van der Waals surface area contributed by atoms with Gasteiger partial charge in [-0.3, -0.25) is 9.97 Å². The van der Waals surface area contributed by atoms with Gasteiger partial charge in [0.15, 0.2) is 5.60 Å². The number of pyridine rings is 2. The Morgan fingerprint density at radius 3 is 1.66 bits per heavy atom. The van der Waals surface area contributed by atoms with Crippen LogP contribution < -0.4 is 0 Å². The third-order valence-corrected chi connectivity index (χ3v) is 4.47. The Labute approximate surface area is 190 Å². The molecular formula is C23H18Br2N2NiO. The van der Waals surface area contributed by atoms with E-state index in [1.165, 1.54) is 10.9 Å². The molecule has 6 heteroatoms. The SMILES string of the molecule is OC(c1ccccn1)(c1ccccn1)c1ccccc1-c1ccccc1.[Br][Ni][Br]. The summed E-state index contributed by atoms with van der Waals surface area (Å²) in [6, 6.07) is 29.0. The molecule has 0 fully saturated rings. The summed E-state index contributed by atoms with van der Waals surface area (Å²) in [5, 5.41) is 11.9. The molecule has 2 aromatic heterocycles. The maximum absolute atomic E-state index is 11.9. The van der Waals surface area contributed by atoms with Crippen LogP contribution in [0.5, 0.6) is 0 Å². The standard InChI is InChI=1S/C23H18N2O.2BrH.Ni/c26-23(21-14-6-8-16-24-21,22-15-7-9-17-25-22)20-13-5-4-12-19(20)18-10-2-1-3-11-18;;;/h1-17,26H;2*1H;/q;;;+2/p-2. The molecule has 1 N–H and O–H groups in total. The molecule has 0 spiro atoms. The van der Waals surface area contributed by atoms with E-state index in [0.29, 0.717) is 11.4 Å². The number of aliphatic hydroxyl groups is 1. The predicted octanol–water partition coefficient (Wildman–Crippen LogP) is 6.12. The van der Waals surface area contributed by atoms with E-state index < -0.39 is 5.60 Å². The zero-order chi connectivity index (χ0) is 20.5. The zero-order valence-electron chi connectivity index (χ0n) is 15.2. The van der Waals surface area contributed by atoms with Crippen LogP contribution in [-0.4, -0.2) is 15.1 Å². The van der Waals surface area contributed by atoms with Crippen LogP contribution in [0.25, 0.3) is 11.1 Å². The molecule has 0 unspecified atom stereocenters. The van der Waals surface area contributed by atoms with Gasteiger partial charge >= 0.3 is 39.3 Å². The third-order valence-electron chi connectivity index (χ3n) is 4.47. The third kappa shape index (κ3) is 5.02. The van der Waals surface area contributed by atoms with E-state index in [4.69, 9.17) is 0 Å². The molecule has 0 atom stereocenters. The summed E-state index contributed by atoms with van der Waals surface area (Å²) in [7, 11) is 1.25. The molecule has 0 aliphatic carbocycles. The topological polar surface area (TPSA) is 46.0 Å². The van der Waals surface area contributed by atoms with Gasteiger partial charge in [-0.15, -0.1) is 0 Å². The van der Waals surface area contributed by atoms with Gasteiger partial charge in [0.2, 0.25) is 0 Å². The van der Waals surface area contributed by atoms with Crippen molar-refractivity contribution in [1.82, 2.24) is 9.97 Å². The molecule has 29 heavy (non-hydrogen) atoms. The van der Waals surface area contributed by atoms with Gasteiger partial charge in [-0.2, -0.15) is 0 Å². The second-order valence-corrected chi connectivity index (χ2v) is 11.1. The van der Waals surface area contributed by atoms with Crippen molar-refractivity contribution >= 4 is 28.5 Å². The van der Waals surface area contributed by atoms with Crippen LogP contribution in [0.1, 0.15) is 17.0 Å². The molecule has 150 valence electrons. The number of halogens is 2. The van der Waals surface area contributed by atoms with Gasteiger partial charge in [-0.1, -0.05) is 66.7 Å². The number of rotatable bonds is 4. The fourth-order valence-electron chi connectivity index (χ4n) is 3.23. The average molecular weight is 557 g/mol. The van der Waals surface area contributed by atoms with Crippen LogP contribution in [0, 0.1) is 0 Å². The first-order valence-corrected chi connectivity index (χ1v) is 13.6. The number of hydrogen-bond acceptors (Lipinski definition) is 3. The molecule has 2 aromatic carbocycles. The van der Waals surface area contributed by atoms with E-state index in [1.54, 1.807) is 12.4 Å². The Bertz CT molecular complexity index is 979. The molecule has 0 radical (unpaired) electrons. The molecule has 0 saturated heterocycles. The van der Waals surface area contributed by atoms with E-state index in [0.717, 1.165) is 16.7 Å². The van der Waals surface area contributed by atoms with E-state index in [-0.39, 0.29) is 0 Å². The van der Waals surface area contributed by atoms with Crippen LogP contribution in [0.15, 0.2) is 103 Å². The van der Waals surface area contributed by atoms with E-state index in [2.05, 4.69) is 38.4 Å². The summed E-state index contributed by atoms with van der Waals surface area (Å²) in [4.78, 5) is 8.90. The summed E-state index contributed by atoms with van der Waals surface area (Å²) in [5.74, 6) is 0. The first kappa shape index (κ1) is 21.9. The van der Waals surface area contributed by atoms with Crippen molar-refractivity contribution in [2.45, 2.75) is 5.60 Å². The maximum atomic E-state index is 11.9. The number of benzene rings is 2. The van der Waals surface area contributed by atoms with Gasteiger partial charge in [0, 0.05) is 18.0 Å². The van der Waals surface area contributed by atoms with Crippen LogP contribution in [0.4, 0.5) is 0 Å². The average Bonchev–Trinajstić information content (AvgIpc) is 2.81. The molecule has 0 bridgehead atoms. The Kier molecular flexibility index (Phi) is 8.13. The van der Waals surface area contributed by atoms with Crippen LogP contribution in [0.3, 0.4) is 0 Å². The minimum absolute atomic E-state index is 0.544. The summed E-state index contributed by atoms with van der Waals surface area (Å²) in [5.41, 5.74) is 2.38.